The topological polar surface area (TPSA) is 72.7 Å². The number of carbonyl (C=O) groups excluding carboxylic acids is 2. The second kappa shape index (κ2) is 6.54. The molecule has 0 aliphatic rings. The number of Topliss-reactive ketones (excluding diaryl/α,β-unsaturated/α-hetero) is 1. The predicted molar refractivity (Wildman–Crippen MR) is 90.5 cm³/mol. The van der Waals surface area contributed by atoms with Crippen LogP contribution in [0.15, 0.2) is 48.8 Å². The number of ether oxygens (including phenoxy) is 1. The first-order valence-corrected chi connectivity index (χ1v) is 7.51. The third-order valence-electron chi connectivity index (χ3n) is 3.48. The number of hydrogen-bond acceptors (Lipinski definition) is 4. The van der Waals surface area contributed by atoms with Crippen LogP contribution in [-0.2, 0) is 4.79 Å². The van der Waals surface area contributed by atoms with Gasteiger partial charge in [-0.1, -0.05) is 12.1 Å². The monoisotopic (exact) mass is 323 g/mol. The van der Waals surface area contributed by atoms with Gasteiger partial charge in [-0.05, 0) is 38.1 Å². The molecule has 6 nitrogen and oxygen atoms in total. The summed E-state index contributed by atoms with van der Waals surface area (Å²) in [5, 5.41) is 2.72. The van der Waals surface area contributed by atoms with Crippen LogP contribution in [0.25, 0.3) is 5.65 Å². The number of amides is 1. The first-order chi connectivity index (χ1) is 11.5. The maximum Gasteiger partial charge on any atom is 0.262 e. The van der Waals surface area contributed by atoms with Gasteiger partial charge in [-0.2, -0.15) is 0 Å². The molecule has 0 aliphatic carbocycles. The molecule has 0 aliphatic heterocycles. The number of aromatic nitrogens is 2. The van der Waals surface area contributed by atoms with E-state index in [1.165, 1.54) is 6.92 Å². The summed E-state index contributed by atoms with van der Waals surface area (Å²) in [4.78, 5) is 27.8. The molecule has 1 aromatic carbocycles. The zero-order chi connectivity index (χ0) is 17.1. The molecule has 122 valence electrons. The first kappa shape index (κ1) is 15.7. The molecular formula is C18H17N3O3. The maximum atomic E-state index is 12.1. The minimum absolute atomic E-state index is 0.0521. The number of nitrogens with zero attached hydrogens (tertiary/aromatic N) is 2. The Labute approximate surface area is 139 Å². The van der Waals surface area contributed by atoms with E-state index in [-0.39, 0.29) is 18.3 Å². The Kier molecular flexibility index (Phi) is 4.29. The minimum Gasteiger partial charge on any atom is -0.480 e. The van der Waals surface area contributed by atoms with Gasteiger partial charge in [0.25, 0.3) is 5.91 Å². The Morgan fingerprint density at radius 3 is 2.88 bits per heavy atom. The molecule has 0 radical (unpaired) electrons. The van der Waals surface area contributed by atoms with Crippen molar-refractivity contribution in [3.63, 3.8) is 0 Å². The van der Waals surface area contributed by atoms with Crippen LogP contribution in [0.5, 0.6) is 5.75 Å². The van der Waals surface area contributed by atoms with E-state index in [2.05, 4.69) is 10.3 Å². The van der Waals surface area contributed by atoms with E-state index in [1.54, 1.807) is 30.3 Å². The van der Waals surface area contributed by atoms with Crippen LogP contribution in [0.1, 0.15) is 23.0 Å². The first-order valence-electron chi connectivity index (χ1n) is 7.51. The van der Waals surface area contributed by atoms with Crippen LogP contribution < -0.4 is 10.1 Å². The Bertz CT molecular complexity index is 915. The summed E-state index contributed by atoms with van der Waals surface area (Å²) in [5.41, 5.74) is 2.65. The number of fused-ring (bicyclic) bond motifs is 1. The summed E-state index contributed by atoms with van der Waals surface area (Å²) in [6.45, 7) is 3.23. The zero-order valence-corrected chi connectivity index (χ0v) is 13.4. The number of aryl methyl sites for hydroxylation is 1. The number of benzene rings is 1. The van der Waals surface area contributed by atoms with Crippen LogP contribution >= 0.6 is 0 Å². The molecule has 0 fully saturated rings. The van der Waals surface area contributed by atoms with Crippen LogP contribution in [-0.4, -0.2) is 27.7 Å². The van der Waals surface area contributed by atoms with Gasteiger partial charge in [-0.3, -0.25) is 9.59 Å². The average Bonchev–Trinajstić information content (AvgIpc) is 2.94. The van der Waals surface area contributed by atoms with Gasteiger partial charge >= 0.3 is 0 Å². The lowest BCUT2D eigenvalue weighted by atomic mass is 10.1. The Morgan fingerprint density at radius 2 is 2.08 bits per heavy atom. The predicted octanol–water partition coefficient (Wildman–Crippen LogP) is 2.86. The lowest BCUT2D eigenvalue weighted by Crippen LogP contribution is -2.20. The van der Waals surface area contributed by atoms with Gasteiger partial charge in [-0.25, -0.2) is 4.98 Å². The van der Waals surface area contributed by atoms with E-state index in [9.17, 15) is 9.59 Å². The van der Waals surface area contributed by atoms with E-state index in [0.29, 0.717) is 22.6 Å². The highest BCUT2D eigenvalue weighted by atomic mass is 16.5. The fourth-order valence-corrected chi connectivity index (χ4v) is 2.38. The van der Waals surface area contributed by atoms with Crippen LogP contribution in [0.2, 0.25) is 0 Å². The molecule has 1 N–H and O–H groups in total. The fraction of sp³-hybridized carbons (Fsp3) is 0.167. The molecule has 0 bridgehead atoms. The number of hydrogen-bond donors (Lipinski definition) is 1. The number of pyridine rings is 1. The molecule has 3 aromatic rings. The van der Waals surface area contributed by atoms with E-state index < -0.39 is 0 Å². The molecule has 3 rings (SSSR count). The van der Waals surface area contributed by atoms with Crippen molar-refractivity contribution in [1.29, 1.82) is 0 Å². The Hall–Kier alpha value is -3.15. The van der Waals surface area contributed by atoms with E-state index >= 15 is 0 Å². The summed E-state index contributed by atoms with van der Waals surface area (Å²) >= 11 is 0. The lowest BCUT2D eigenvalue weighted by molar-refractivity contribution is -0.118. The smallest absolute Gasteiger partial charge is 0.262 e. The van der Waals surface area contributed by atoms with Crippen LogP contribution in [0, 0.1) is 6.92 Å². The van der Waals surface area contributed by atoms with Gasteiger partial charge in [-0.15, -0.1) is 0 Å². The molecule has 2 aromatic heterocycles. The number of ketones is 1. The number of anilines is 1. The summed E-state index contributed by atoms with van der Waals surface area (Å²) in [7, 11) is 0. The number of rotatable bonds is 5. The van der Waals surface area contributed by atoms with Gasteiger partial charge in [0.05, 0.1) is 5.69 Å². The molecule has 2 heterocycles. The standard InChI is InChI=1S/C18H17N3O3/c1-12-10-21-8-4-7-16(18(21)19-12)24-11-17(23)20-15-6-3-5-14(9-15)13(2)22/h3-10H,11H2,1-2H3,(H,20,23). The summed E-state index contributed by atoms with van der Waals surface area (Å²) < 4.78 is 7.43. The molecule has 0 unspecified atom stereocenters. The van der Waals surface area contributed by atoms with Gasteiger partial charge in [0.2, 0.25) is 0 Å². The van der Waals surface area contributed by atoms with Crippen molar-refractivity contribution in [3.05, 3.63) is 60.0 Å². The second-order valence-electron chi connectivity index (χ2n) is 5.46. The van der Waals surface area contributed by atoms with E-state index in [0.717, 1.165) is 5.69 Å². The molecule has 0 atom stereocenters. The van der Waals surface area contributed by atoms with Crippen molar-refractivity contribution in [2.24, 2.45) is 0 Å². The van der Waals surface area contributed by atoms with Crippen LogP contribution in [0.4, 0.5) is 5.69 Å². The molecule has 0 saturated heterocycles. The molecule has 6 heteroatoms. The number of carbonyl (C=O) groups is 2. The van der Waals surface area contributed by atoms with Crippen LogP contribution in [0.3, 0.4) is 0 Å². The third kappa shape index (κ3) is 3.43. The second-order valence-corrected chi connectivity index (χ2v) is 5.46. The van der Waals surface area contributed by atoms with Crippen molar-refractivity contribution < 1.29 is 14.3 Å². The number of imidazole rings is 1. The van der Waals surface area contributed by atoms with Crippen molar-refractivity contribution in [2.45, 2.75) is 13.8 Å². The highest BCUT2D eigenvalue weighted by molar-refractivity contribution is 5.97. The normalized spacial score (nSPS) is 10.6. The van der Waals surface area contributed by atoms with Crippen molar-refractivity contribution in [3.8, 4) is 5.75 Å². The highest BCUT2D eigenvalue weighted by Crippen LogP contribution is 2.19. The van der Waals surface area contributed by atoms with Crippen molar-refractivity contribution in [1.82, 2.24) is 9.38 Å². The van der Waals surface area contributed by atoms with E-state index in [4.69, 9.17) is 4.74 Å². The van der Waals surface area contributed by atoms with Gasteiger partial charge in [0.15, 0.2) is 23.8 Å². The quantitative estimate of drug-likeness (QED) is 0.733. The fourth-order valence-electron chi connectivity index (χ4n) is 2.38. The van der Waals surface area contributed by atoms with Crippen molar-refractivity contribution in [2.75, 3.05) is 11.9 Å². The SMILES string of the molecule is CC(=O)c1cccc(NC(=O)COc2cccn3cc(C)nc23)c1. The van der Waals surface area contributed by atoms with Gasteiger partial charge in [0, 0.05) is 23.6 Å². The molecular weight excluding hydrogens is 306 g/mol. The Balaban J connectivity index is 1.67. The number of nitrogens with one attached hydrogen (secondary N) is 1. The van der Waals surface area contributed by atoms with E-state index in [1.807, 2.05) is 29.8 Å². The largest absolute Gasteiger partial charge is 0.480 e. The average molecular weight is 323 g/mol. The summed E-state index contributed by atoms with van der Waals surface area (Å²) in [6, 6.07) is 10.4. The third-order valence-corrected chi connectivity index (χ3v) is 3.48. The molecule has 1 amide bonds. The molecule has 0 spiro atoms. The summed E-state index contributed by atoms with van der Waals surface area (Å²) in [6.07, 6.45) is 3.76. The van der Waals surface area contributed by atoms with Crippen molar-refractivity contribution >= 4 is 23.0 Å². The minimum atomic E-state index is -0.305. The lowest BCUT2D eigenvalue weighted by Gasteiger charge is -2.09. The zero-order valence-electron chi connectivity index (χ0n) is 13.4. The Morgan fingerprint density at radius 1 is 1.25 bits per heavy atom. The maximum absolute atomic E-state index is 12.1. The summed E-state index contributed by atoms with van der Waals surface area (Å²) in [5.74, 6) is 0.183. The van der Waals surface area contributed by atoms with Gasteiger partial charge in [0.1, 0.15) is 0 Å². The highest BCUT2D eigenvalue weighted by Gasteiger charge is 2.09. The van der Waals surface area contributed by atoms with Gasteiger partial charge < -0.3 is 14.5 Å². The molecule has 24 heavy (non-hydrogen) atoms. The molecule has 0 saturated carbocycles.